The fourth-order valence-corrected chi connectivity index (χ4v) is 3.93. The molecule has 0 radical (unpaired) electrons. The molecule has 2 heterocycles. The van der Waals surface area contributed by atoms with E-state index in [9.17, 15) is 9.59 Å². The Morgan fingerprint density at radius 1 is 1.23 bits per heavy atom. The van der Waals surface area contributed by atoms with Gasteiger partial charge in [-0.15, -0.1) is 16.4 Å². The van der Waals surface area contributed by atoms with Crippen molar-refractivity contribution in [2.75, 3.05) is 5.75 Å². The number of halogens is 1. The monoisotopic (exact) mass is 407 g/mol. The largest absolute Gasteiger partial charge is 0.351 e. The van der Waals surface area contributed by atoms with E-state index in [2.05, 4.69) is 20.8 Å². The lowest BCUT2D eigenvalue weighted by Crippen LogP contribution is -2.18. The third-order valence-corrected chi connectivity index (χ3v) is 5.59. The van der Waals surface area contributed by atoms with Crippen molar-refractivity contribution in [1.29, 1.82) is 0 Å². The van der Waals surface area contributed by atoms with Gasteiger partial charge >= 0.3 is 0 Å². The van der Waals surface area contributed by atoms with Gasteiger partial charge < -0.3 is 5.32 Å². The Kier molecular flexibility index (Phi) is 6.02. The summed E-state index contributed by atoms with van der Waals surface area (Å²) < 4.78 is 1.56. The summed E-state index contributed by atoms with van der Waals surface area (Å²) in [5.41, 5.74) is 0.767. The first kappa shape index (κ1) is 18.6. The van der Waals surface area contributed by atoms with Gasteiger partial charge in [-0.3, -0.25) is 9.59 Å². The minimum absolute atomic E-state index is 0.0141. The minimum Gasteiger partial charge on any atom is -0.351 e. The Hall–Kier alpha value is -2.23. The number of nitrogens with zero attached hydrogens (tertiary/aromatic N) is 4. The zero-order chi connectivity index (χ0) is 18.5. The van der Waals surface area contributed by atoms with Gasteiger partial charge in [0, 0.05) is 16.8 Å². The van der Waals surface area contributed by atoms with Crippen molar-refractivity contribution in [1.82, 2.24) is 25.5 Å². The Morgan fingerprint density at radius 2 is 2.00 bits per heavy atom. The van der Waals surface area contributed by atoms with Crippen LogP contribution in [0, 0.1) is 0 Å². The Bertz CT molecular complexity index is 923. The SMILES string of the molecule is CC(=O)NCc1ccc(C(=O)CSc2nnnn2-c2ccc(Cl)cc2)s1. The van der Waals surface area contributed by atoms with Crippen LogP contribution in [-0.2, 0) is 11.3 Å². The predicted octanol–water partition coefficient (Wildman–Crippen LogP) is 2.99. The van der Waals surface area contributed by atoms with Gasteiger partial charge in [-0.25, -0.2) is 0 Å². The van der Waals surface area contributed by atoms with Gasteiger partial charge in [-0.1, -0.05) is 23.4 Å². The Balaban J connectivity index is 1.63. The Labute approximate surface area is 162 Å². The lowest BCUT2D eigenvalue weighted by Gasteiger charge is -2.03. The van der Waals surface area contributed by atoms with Crippen LogP contribution in [0.1, 0.15) is 21.5 Å². The summed E-state index contributed by atoms with van der Waals surface area (Å²) in [5, 5.41) is 15.5. The topological polar surface area (TPSA) is 89.8 Å². The van der Waals surface area contributed by atoms with Gasteiger partial charge in [0.15, 0.2) is 5.78 Å². The molecule has 3 aromatic rings. The van der Waals surface area contributed by atoms with Gasteiger partial charge in [0.25, 0.3) is 0 Å². The lowest BCUT2D eigenvalue weighted by atomic mass is 10.3. The first-order valence-corrected chi connectivity index (χ1v) is 9.74. The van der Waals surface area contributed by atoms with Crippen LogP contribution in [0.2, 0.25) is 5.02 Å². The van der Waals surface area contributed by atoms with E-state index < -0.39 is 0 Å². The summed E-state index contributed by atoms with van der Waals surface area (Å²) >= 11 is 8.53. The van der Waals surface area contributed by atoms with E-state index in [1.807, 2.05) is 6.07 Å². The number of tetrazole rings is 1. The number of thiophene rings is 1. The number of hydrogen-bond donors (Lipinski definition) is 1. The number of carbonyl (C=O) groups excluding carboxylic acids is 2. The van der Waals surface area contributed by atoms with E-state index in [0.29, 0.717) is 21.6 Å². The minimum atomic E-state index is -0.101. The van der Waals surface area contributed by atoms with Crippen molar-refractivity contribution in [3.05, 3.63) is 51.2 Å². The molecule has 134 valence electrons. The highest BCUT2D eigenvalue weighted by Crippen LogP contribution is 2.23. The van der Waals surface area contributed by atoms with Crippen molar-refractivity contribution in [2.24, 2.45) is 0 Å². The third kappa shape index (κ3) is 4.69. The maximum Gasteiger partial charge on any atom is 0.217 e. The van der Waals surface area contributed by atoms with Crippen LogP contribution in [0.15, 0.2) is 41.6 Å². The van der Waals surface area contributed by atoms with E-state index in [1.54, 1.807) is 35.0 Å². The molecule has 1 aromatic carbocycles. The van der Waals surface area contributed by atoms with E-state index >= 15 is 0 Å². The molecule has 0 spiro atoms. The number of ketones is 1. The molecule has 0 atom stereocenters. The highest BCUT2D eigenvalue weighted by molar-refractivity contribution is 7.99. The number of nitrogens with one attached hydrogen (secondary N) is 1. The highest BCUT2D eigenvalue weighted by Gasteiger charge is 2.14. The number of carbonyl (C=O) groups is 2. The average Bonchev–Trinajstić information content (AvgIpc) is 3.28. The maximum atomic E-state index is 12.4. The molecule has 7 nitrogen and oxygen atoms in total. The quantitative estimate of drug-likeness (QED) is 0.478. The molecule has 0 saturated carbocycles. The van der Waals surface area contributed by atoms with Gasteiger partial charge in [0.2, 0.25) is 11.1 Å². The molecular formula is C16H14ClN5O2S2. The number of rotatable bonds is 7. The summed E-state index contributed by atoms with van der Waals surface area (Å²) in [6.45, 7) is 1.89. The van der Waals surface area contributed by atoms with E-state index in [-0.39, 0.29) is 17.4 Å². The summed E-state index contributed by atoms with van der Waals surface area (Å²) in [4.78, 5) is 24.9. The smallest absolute Gasteiger partial charge is 0.217 e. The number of hydrogen-bond acceptors (Lipinski definition) is 7. The second kappa shape index (κ2) is 8.43. The molecule has 10 heteroatoms. The van der Waals surface area contributed by atoms with Crippen LogP contribution in [0.4, 0.5) is 0 Å². The van der Waals surface area contributed by atoms with Crippen molar-refractivity contribution < 1.29 is 9.59 Å². The molecule has 0 aliphatic heterocycles. The first-order valence-electron chi connectivity index (χ1n) is 7.56. The molecule has 1 amide bonds. The second-order valence-corrected chi connectivity index (χ2v) is 7.78. The molecular weight excluding hydrogens is 394 g/mol. The van der Waals surface area contributed by atoms with Crippen molar-refractivity contribution in [3.63, 3.8) is 0 Å². The van der Waals surface area contributed by atoms with Crippen molar-refractivity contribution in [3.8, 4) is 5.69 Å². The molecule has 0 unspecified atom stereocenters. The number of thioether (sulfide) groups is 1. The number of amides is 1. The summed E-state index contributed by atoms with van der Waals surface area (Å²) in [6, 6.07) is 10.7. The van der Waals surface area contributed by atoms with Gasteiger partial charge in [0.1, 0.15) is 0 Å². The number of Topliss-reactive ketones (excluding diaryl/α,β-unsaturated/α-hetero) is 1. The molecule has 0 bridgehead atoms. The first-order chi connectivity index (χ1) is 12.5. The van der Waals surface area contributed by atoms with Gasteiger partial charge in [0.05, 0.1) is 22.9 Å². The fourth-order valence-electron chi connectivity index (χ4n) is 2.05. The molecule has 3 rings (SSSR count). The number of benzene rings is 1. The number of aromatic nitrogens is 4. The molecule has 26 heavy (non-hydrogen) atoms. The molecule has 0 aliphatic rings. The molecule has 0 fully saturated rings. The second-order valence-electron chi connectivity index (χ2n) is 5.24. The van der Waals surface area contributed by atoms with Crippen LogP contribution in [0.25, 0.3) is 5.69 Å². The van der Waals surface area contributed by atoms with Gasteiger partial charge in [-0.2, -0.15) is 4.68 Å². The average molecular weight is 408 g/mol. The molecule has 1 N–H and O–H groups in total. The lowest BCUT2D eigenvalue weighted by molar-refractivity contribution is -0.119. The van der Waals surface area contributed by atoms with E-state index in [1.165, 1.54) is 30.0 Å². The zero-order valence-corrected chi connectivity index (χ0v) is 16.1. The molecule has 0 saturated heterocycles. The fraction of sp³-hybridized carbons (Fsp3) is 0.188. The van der Waals surface area contributed by atoms with Crippen molar-refractivity contribution in [2.45, 2.75) is 18.6 Å². The predicted molar refractivity (Wildman–Crippen MR) is 101 cm³/mol. The van der Waals surface area contributed by atoms with Crippen molar-refractivity contribution >= 4 is 46.4 Å². The summed E-state index contributed by atoms with van der Waals surface area (Å²) in [7, 11) is 0. The van der Waals surface area contributed by atoms with Crippen LogP contribution < -0.4 is 5.32 Å². The van der Waals surface area contributed by atoms with Crippen LogP contribution in [0.5, 0.6) is 0 Å². The van der Waals surface area contributed by atoms with Gasteiger partial charge in [-0.05, 0) is 46.8 Å². The highest BCUT2D eigenvalue weighted by atomic mass is 35.5. The van der Waals surface area contributed by atoms with E-state index in [4.69, 9.17) is 11.6 Å². The molecule has 2 aromatic heterocycles. The Morgan fingerprint density at radius 3 is 2.73 bits per heavy atom. The van der Waals surface area contributed by atoms with Crippen LogP contribution >= 0.6 is 34.7 Å². The third-order valence-electron chi connectivity index (χ3n) is 3.29. The van der Waals surface area contributed by atoms with Crippen LogP contribution in [-0.4, -0.2) is 37.7 Å². The van der Waals surface area contributed by atoms with E-state index in [0.717, 1.165) is 10.6 Å². The zero-order valence-electron chi connectivity index (χ0n) is 13.7. The van der Waals surface area contributed by atoms with Crippen LogP contribution in [0.3, 0.4) is 0 Å². The summed E-state index contributed by atoms with van der Waals surface area (Å²) in [6.07, 6.45) is 0. The standard InChI is InChI=1S/C16H14ClN5O2S2/c1-10(23)18-8-13-6-7-15(26-13)14(24)9-25-16-19-20-21-22(16)12-4-2-11(17)3-5-12/h2-7H,8-9H2,1H3,(H,18,23). The summed E-state index contributed by atoms with van der Waals surface area (Å²) in [5.74, 6) is 0.101. The molecule has 0 aliphatic carbocycles. The maximum absolute atomic E-state index is 12.4. The normalized spacial score (nSPS) is 10.7.